The van der Waals surface area contributed by atoms with Crippen molar-refractivity contribution in [1.29, 1.82) is 0 Å². The van der Waals surface area contributed by atoms with Gasteiger partial charge in [0, 0.05) is 22.6 Å². The summed E-state index contributed by atoms with van der Waals surface area (Å²) in [6.07, 6.45) is 0. The number of hydrogen-bond donors (Lipinski definition) is 0. The van der Waals surface area contributed by atoms with Crippen molar-refractivity contribution in [2.45, 2.75) is 3.93 Å². The summed E-state index contributed by atoms with van der Waals surface area (Å²) in [6, 6.07) is 0. The summed E-state index contributed by atoms with van der Waals surface area (Å²) < 4.78 is 18.3. The quantitative estimate of drug-likeness (QED) is 0.409. The van der Waals surface area contributed by atoms with E-state index in [1.54, 1.807) is 0 Å². The van der Waals surface area contributed by atoms with Gasteiger partial charge in [-0.25, -0.2) is 0 Å². The molecule has 0 fully saturated rings. The summed E-state index contributed by atoms with van der Waals surface area (Å²) >= 11 is 2.84. The van der Waals surface area contributed by atoms with Crippen LogP contribution in [0.1, 0.15) is 0 Å². The van der Waals surface area contributed by atoms with Crippen molar-refractivity contribution >= 4 is 43.2 Å². The fourth-order valence-electron chi connectivity index (χ4n) is 0. The summed E-state index contributed by atoms with van der Waals surface area (Å²) in [4.78, 5) is 9.62. The number of alkyl halides is 3. The molecular weight excluding hydrogens is 285 g/mol. The molecule has 0 radical (unpaired) electrons. The molecule has 1 nitrogen and oxygen atoms in total. The first-order chi connectivity index (χ1) is 2.94. The monoisotopic (exact) mass is 284 g/mol. The minimum atomic E-state index is -3.25. The van der Waals surface area contributed by atoms with Gasteiger partial charge < -0.3 is 0 Å². The van der Waals surface area contributed by atoms with Crippen LogP contribution in [0.25, 0.3) is 0 Å². The van der Waals surface area contributed by atoms with E-state index in [4.69, 9.17) is 0 Å². The van der Waals surface area contributed by atoms with Crippen molar-refractivity contribution in [1.82, 2.24) is 0 Å². The van der Waals surface area contributed by atoms with Gasteiger partial charge in [0.15, 0.2) is 0 Å². The van der Waals surface area contributed by atoms with Gasteiger partial charge in [0.1, 0.15) is 0 Å². The van der Waals surface area contributed by atoms with Crippen molar-refractivity contribution in [2.75, 3.05) is 0 Å². The lowest BCUT2D eigenvalue weighted by Gasteiger charge is -1.96. The van der Waals surface area contributed by atoms with E-state index in [0.717, 1.165) is 22.6 Å². The Balaban J connectivity index is 3.79. The van der Waals surface area contributed by atoms with Gasteiger partial charge in [-0.2, -0.15) is 8.78 Å². The smallest absolute Gasteiger partial charge is 0.279 e. The molecule has 0 aliphatic rings. The molecule has 0 aromatic carbocycles. The summed E-state index contributed by atoms with van der Waals surface area (Å²) in [5.74, 6) is 0. The third-order valence-corrected chi connectivity index (χ3v) is 1.95. The molecule has 0 heterocycles. The molecule has 42 valence electrons. The van der Waals surface area contributed by atoms with E-state index >= 15 is 0 Å². The predicted octanol–water partition coefficient (Wildman–Crippen LogP) is 1.94. The van der Waals surface area contributed by atoms with Crippen LogP contribution in [0.15, 0.2) is 0 Å². The highest BCUT2D eigenvalue weighted by atomic mass is 127. The first kappa shape index (κ1) is 7.74. The largest absolute Gasteiger partial charge is 0.363 e. The summed E-state index contributed by atoms with van der Waals surface area (Å²) in [6.45, 7) is 0. The molecular formula is C2BrF2IO. The lowest BCUT2D eigenvalue weighted by molar-refractivity contribution is -0.121. The van der Waals surface area contributed by atoms with Gasteiger partial charge >= 0.3 is 3.93 Å². The van der Waals surface area contributed by atoms with Crippen LogP contribution >= 0.6 is 38.5 Å². The highest BCUT2D eigenvalue weighted by Crippen LogP contribution is 2.25. The van der Waals surface area contributed by atoms with Gasteiger partial charge in [0.2, 0.25) is 0 Å². The molecule has 0 saturated carbocycles. The number of carbonyl (C=O) groups excluding carboxylic acids is 1. The van der Waals surface area contributed by atoms with Crippen LogP contribution in [-0.2, 0) is 4.79 Å². The van der Waals surface area contributed by atoms with Crippen LogP contribution < -0.4 is 0 Å². The zero-order chi connectivity index (χ0) is 6.08. The number of halogens is 4. The Kier molecular flexibility index (Phi) is 2.59. The maximum Gasteiger partial charge on any atom is 0.363 e. The first-order valence-electron chi connectivity index (χ1n) is 1.21. The highest BCUT2D eigenvalue weighted by molar-refractivity contribution is 14.1. The Hall–Kier alpha value is 0.740. The van der Waals surface area contributed by atoms with E-state index < -0.39 is 8.62 Å². The molecule has 0 bridgehead atoms. The lowest BCUT2D eigenvalue weighted by Crippen LogP contribution is -2.12. The average Bonchev–Trinajstić information content (AvgIpc) is 1.31. The molecule has 0 saturated heterocycles. The van der Waals surface area contributed by atoms with E-state index in [2.05, 4.69) is 15.9 Å². The number of hydrogen-bond acceptors (Lipinski definition) is 1. The van der Waals surface area contributed by atoms with Crippen molar-refractivity contribution in [2.24, 2.45) is 0 Å². The summed E-state index contributed by atoms with van der Waals surface area (Å²) in [5.41, 5.74) is 0. The third-order valence-electron chi connectivity index (χ3n) is 0.223. The number of rotatable bonds is 1. The summed E-state index contributed by atoms with van der Waals surface area (Å²) in [7, 11) is 0. The van der Waals surface area contributed by atoms with Gasteiger partial charge in [-0.05, 0) is 15.9 Å². The van der Waals surface area contributed by atoms with E-state index in [1.165, 1.54) is 0 Å². The van der Waals surface area contributed by atoms with Gasteiger partial charge in [-0.15, -0.1) is 0 Å². The molecule has 0 N–H and O–H groups in total. The maximum atomic E-state index is 11.4. The van der Waals surface area contributed by atoms with Gasteiger partial charge in [0.05, 0.1) is 0 Å². The van der Waals surface area contributed by atoms with E-state index in [0.29, 0.717) is 0 Å². The SMILES string of the molecule is O=C(Br)C(F)(F)I. The molecule has 0 aromatic rings. The Morgan fingerprint density at radius 1 is 1.71 bits per heavy atom. The van der Waals surface area contributed by atoms with E-state index in [9.17, 15) is 13.6 Å². The minimum absolute atomic E-state index is 0.737. The lowest BCUT2D eigenvalue weighted by atomic mass is 10.8. The normalized spacial score (nSPS) is 11.4. The molecule has 0 amide bonds. The van der Waals surface area contributed by atoms with Gasteiger partial charge in [-0.1, -0.05) is 0 Å². The molecule has 0 spiro atoms. The molecule has 7 heavy (non-hydrogen) atoms. The standard InChI is InChI=1S/C2BrF2IO/c3-1(7)2(4,5)6. The van der Waals surface area contributed by atoms with Crippen LogP contribution in [0, 0.1) is 0 Å². The van der Waals surface area contributed by atoms with Crippen LogP contribution in [-0.4, -0.2) is 8.62 Å². The van der Waals surface area contributed by atoms with E-state index in [1.807, 2.05) is 0 Å². The van der Waals surface area contributed by atoms with Crippen molar-refractivity contribution in [3.8, 4) is 0 Å². The second-order valence-corrected chi connectivity index (χ2v) is 2.85. The van der Waals surface area contributed by atoms with Crippen molar-refractivity contribution < 1.29 is 13.6 Å². The Bertz CT molecular complexity index is 88.2. The maximum absolute atomic E-state index is 11.4. The zero-order valence-corrected chi connectivity index (χ0v) is 6.66. The van der Waals surface area contributed by atoms with Crippen LogP contribution in [0.2, 0.25) is 0 Å². The Morgan fingerprint density at radius 2 is 1.86 bits per heavy atom. The Morgan fingerprint density at radius 3 is 1.86 bits per heavy atom. The second-order valence-electron chi connectivity index (χ2n) is 0.771. The second kappa shape index (κ2) is 2.34. The topological polar surface area (TPSA) is 17.1 Å². The molecule has 0 aliphatic carbocycles. The average molecular weight is 285 g/mol. The summed E-state index contributed by atoms with van der Waals surface area (Å²) in [5, 5.41) is 0. The van der Waals surface area contributed by atoms with Gasteiger partial charge in [-0.3, -0.25) is 4.79 Å². The fourth-order valence-corrected chi connectivity index (χ4v) is 0. The molecule has 0 atom stereocenters. The van der Waals surface area contributed by atoms with Crippen LogP contribution in [0.3, 0.4) is 0 Å². The van der Waals surface area contributed by atoms with Crippen LogP contribution in [0.5, 0.6) is 0 Å². The molecule has 0 aliphatic heterocycles. The van der Waals surface area contributed by atoms with E-state index in [-0.39, 0.29) is 0 Å². The first-order valence-corrected chi connectivity index (χ1v) is 3.08. The fraction of sp³-hybridized carbons (Fsp3) is 0.500. The molecule has 0 aromatic heterocycles. The van der Waals surface area contributed by atoms with Crippen molar-refractivity contribution in [3.63, 3.8) is 0 Å². The minimum Gasteiger partial charge on any atom is -0.279 e. The third kappa shape index (κ3) is 3.33. The molecule has 0 unspecified atom stereocenters. The predicted molar refractivity (Wildman–Crippen MR) is 32.9 cm³/mol. The molecule has 5 heteroatoms. The highest BCUT2D eigenvalue weighted by Gasteiger charge is 2.31. The Labute approximate surface area is 60.7 Å². The van der Waals surface area contributed by atoms with Gasteiger partial charge in [0.25, 0.3) is 4.69 Å². The number of carbonyl (C=O) groups is 1. The molecule has 0 rings (SSSR count). The van der Waals surface area contributed by atoms with Crippen molar-refractivity contribution in [3.05, 3.63) is 0 Å². The zero-order valence-electron chi connectivity index (χ0n) is 2.92. The van der Waals surface area contributed by atoms with Crippen LogP contribution in [0.4, 0.5) is 8.78 Å².